The SMILES string of the molecule is CC/C=C\C/C=C\C/C=C\C/C=C\C/C=C\C/C=C\CCC(=O)OC(COC(=O)CC/C=C\C/C=C\C/C=C\C/C=C\CC)COP(=O)(O)OCC. The molecule has 0 aliphatic carbocycles. The molecule has 290 valence electrons. The van der Waals surface area contributed by atoms with Crippen LogP contribution in [0.25, 0.3) is 0 Å². The maximum atomic E-state index is 12.5. The molecule has 2 atom stereocenters. The average molecular weight is 741 g/mol. The van der Waals surface area contributed by atoms with Gasteiger partial charge in [-0.05, 0) is 84.0 Å². The van der Waals surface area contributed by atoms with E-state index in [2.05, 4.69) is 111 Å². The third-order valence-corrected chi connectivity index (χ3v) is 7.85. The fraction of sp³-hybridized carbons (Fsp3) is 0.488. The van der Waals surface area contributed by atoms with Crippen molar-refractivity contribution in [1.29, 1.82) is 0 Å². The Bertz CT molecular complexity index is 1250. The number of allylic oxidation sites excluding steroid dienone is 20. The van der Waals surface area contributed by atoms with Crippen LogP contribution in [0.5, 0.6) is 0 Å². The van der Waals surface area contributed by atoms with Crippen molar-refractivity contribution in [3.63, 3.8) is 0 Å². The van der Waals surface area contributed by atoms with Crippen molar-refractivity contribution in [2.75, 3.05) is 19.8 Å². The zero-order valence-electron chi connectivity index (χ0n) is 31.9. The highest BCUT2D eigenvalue weighted by Gasteiger charge is 2.25. The number of ether oxygens (including phenoxy) is 2. The number of hydrogen-bond donors (Lipinski definition) is 1. The number of rotatable bonds is 32. The lowest BCUT2D eigenvalue weighted by atomic mass is 10.2. The number of esters is 2. The fourth-order valence-electron chi connectivity index (χ4n) is 4.14. The van der Waals surface area contributed by atoms with E-state index in [9.17, 15) is 19.0 Å². The van der Waals surface area contributed by atoms with Crippen molar-refractivity contribution < 1.29 is 37.6 Å². The largest absolute Gasteiger partial charge is 0.472 e. The summed E-state index contributed by atoms with van der Waals surface area (Å²) in [5.41, 5.74) is 0. The lowest BCUT2D eigenvalue weighted by molar-refractivity contribution is -0.161. The number of carbonyl (C=O) groups is 2. The van der Waals surface area contributed by atoms with E-state index in [4.69, 9.17) is 18.5 Å². The molecule has 9 heteroatoms. The molecule has 0 saturated carbocycles. The zero-order chi connectivity index (χ0) is 38.2. The molecule has 1 N–H and O–H groups in total. The molecule has 0 aliphatic heterocycles. The Hall–Kier alpha value is -3.55. The molecule has 0 saturated heterocycles. The van der Waals surface area contributed by atoms with E-state index in [0.29, 0.717) is 12.8 Å². The Morgan fingerprint density at radius 1 is 0.500 bits per heavy atom. The van der Waals surface area contributed by atoms with Crippen LogP contribution in [0.15, 0.2) is 122 Å². The van der Waals surface area contributed by atoms with Gasteiger partial charge in [-0.3, -0.25) is 18.6 Å². The van der Waals surface area contributed by atoms with Crippen LogP contribution in [0.3, 0.4) is 0 Å². The first kappa shape index (κ1) is 48.5. The predicted molar refractivity (Wildman–Crippen MR) is 216 cm³/mol. The monoisotopic (exact) mass is 740 g/mol. The van der Waals surface area contributed by atoms with E-state index in [1.54, 1.807) is 6.92 Å². The summed E-state index contributed by atoms with van der Waals surface area (Å²) in [6, 6.07) is 0. The van der Waals surface area contributed by atoms with Crippen LogP contribution < -0.4 is 0 Å². The summed E-state index contributed by atoms with van der Waals surface area (Å²) in [5, 5.41) is 0. The Morgan fingerprint density at radius 3 is 1.21 bits per heavy atom. The zero-order valence-corrected chi connectivity index (χ0v) is 32.8. The van der Waals surface area contributed by atoms with Gasteiger partial charge in [-0.15, -0.1) is 0 Å². The summed E-state index contributed by atoms with van der Waals surface area (Å²) >= 11 is 0. The second kappa shape index (κ2) is 37.2. The lowest BCUT2D eigenvalue weighted by Crippen LogP contribution is -2.29. The predicted octanol–water partition coefficient (Wildman–Crippen LogP) is 11.7. The molecule has 8 nitrogen and oxygen atoms in total. The third-order valence-electron chi connectivity index (χ3n) is 6.79. The van der Waals surface area contributed by atoms with Crippen LogP contribution in [0, 0.1) is 0 Å². The van der Waals surface area contributed by atoms with E-state index in [1.807, 2.05) is 24.3 Å². The fourth-order valence-corrected chi connectivity index (χ4v) is 4.89. The number of hydrogen-bond acceptors (Lipinski definition) is 7. The van der Waals surface area contributed by atoms with E-state index in [1.165, 1.54) is 0 Å². The molecule has 0 aromatic carbocycles. The second-order valence-electron chi connectivity index (χ2n) is 11.5. The Balaban J connectivity index is 4.42. The van der Waals surface area contributed by atoms with Crippen molar-refractivity contribution in [1.82, 2.24) is 0 Å². The number of phosphoric ester groups is 1. The molecular weight excluding hydrogens is 675 g/mol. The van der Waals surface area contributed by atoms with Gasteiger partial charge >= 0.3 is 19.8 Å². The highest BCUT2D eigenvalue weighted by molar-refractivity contribution is 7.47. The molecule has 0 heterocycles. The minimum atomic E-state index is -4.32. The van der Waals surface area contributed by atoms with Gasteiger partial charge in [-0.25, -0.2) is 4.57 Å². The first-order valence-electron chi connectivity index (χ1n) is 18.8. The van der Waals surface area contributed by atoms with Gasteiger partial charge in [0.05, 0.1) is 13.2 Å². The van der Waals surface area contributed by atoms with Crippen LogP contribution in [-0.2, 0) is 32.7 Å². The van der Waals surface area contributed by atoms with Crippen molar-refractivity contribution in [2.24, 2.45) is 0 Å². The minimum absolute atomic E-state index is 0.0313. The van der Waals surface area contributed by atoms with E-state index in [-0.39, 0.29) is 26.1 Å². The standard InChI is InChI=1S/C43H65O8P/c1-4-7-9-11-13-15-17-19-20-21-22-23-24-26-28-30-32-34-36-38-43(45)51-41(40-50-52(46,47)49-6-3)39-48-42(44)37-35-33-31-29-27-25-18-16-14-12-10-8-5-2/h7-10,13-16,19-20,22-23,25-28,31-34,41H,4-6,11-12,17-18,21,24,29-30,35-40H2,1-3H3,(H,46,47)/b9-7-,10-8-,15-13-,16-14-,20-19-,23-22-,27-25-,28-26-,33-31-,34-32-. The minimum Gasteiger partial charge on any atom is -0.462 e. The van der Waals surface area contributed by atoms with Crippen molar-refractivity contribution in [3.05, 3.63) is 122 Å². The summed E-state index contributed by atoms with van der Waals surface area (Å²) in [6.07, 6.45) is 51.4. The van der Waals surface area contributed by atoms with Gasteiger partial charge in [0.2, 0.25) is 0 Å². The molecule has 0 aromatic heterocycles. The molecule has 0 aliphatic rings. The quantitative estimate of drug-likeness (QED) is 0.0412. The van der Waals surface area contributed by atoms with Crippen molar-refractivity contribution in [2.45, 2.75) is 117 Å². The van der Waals surface area contributed by atoms with Crippen LogP contribution >= 0.6 is 7.82 Å². The van der Waals surface area contributed by atoms with Gasteiger partial charge in [0.15, 0.2) is 6.10 Å². The van der Waals surface area contributed by atoms with Gasteiger partial charge in [0, 0.05) is 12.8 Å². The molecule has 0 radical (unpaired) electrons. The van der Waals surface area contributed by atoms with Crippen LogP contribution in [0.2, 0.25) is 0 Å². The highest BCUT2D eigenvalue weighted by Crippen LogP contribution is 2.43. The van der Waals surface area contributed by atoms with Crippen LogP contribution in [-0.4, -0.2) is 42.8 Å². The molecule has 0 rings (SSSR count). The van der Waals surface area contributed by atoms with Crippen LogP contribution in [0.4, 0.5) is 0 Å². The summed E-state index contributed by atoms with van der Waals surface area (Å²) in [5.74, 6) is -1.01. The topological polar surface area (TPSA) is 108 Å². The molecule has 0 fully saturated rings. The van der Waals surface area contributed by atoms with Gasteiger partial charge in [-0.1, -0.05) is 135 Å². The second-order valence-corrected chi connectivity index (χ2v) is 12.9. The van der Waals surface area contributed by atoms with Gasteiger partial charge in [-0.2, -0.15) is 0 Å². The third kappa shape index (κ3) is 36.2. The van der Waals surface area contributed by atoms with Crippen molar-refractivity contribution >= 4 is 19.8 Å². The van der Waals surface area contributed by atoms with E-state index >= 15 is 0 Å². The van der Waals surface area contributed by atoms with Crippen LogP contribution in [0.1, 0.15) is 111 Å². The van der Waals surface area contributed by atoms with Gasteiger partial charge in [0.25, 0.3) is 0 Å². The molecule has 0 spiro atoms. The maximum Gasteiger partial charge on any atom is 0.472 e. The Kier molecular flexibility index (Phi) is 34.7. The summed E-state index contributed by atoms with van der Waals surface area (Å²) in [4.78, 5) is 34.5. The summed E-state index contributed by atoms with van der Waals surface area (Å²) in [7, 11) is -4.32. The average Bonchev–Trinajstić information content (AvgIpc) is 3.12. The molecule has 52 heavy (non-hydrogen) atoms. The maximum absolute atomic E-state index is 12.5. The first-order chi connectivity index (χ1) is 25.3. The normalized spacial score (nSPS) is 14.8. The molecule has 2 unspecified atom stereocenters. The van der Waals surface area contributed by atoms with E-state index in [0.717, 1.165) is 64.2 Å². The van der Waals surface area contributed by atoms with Crippen molar-refractivity contribution in [3.8, 4) is 0 Å². The Morgan fingerprint density at radius 2 is 0.846 bits per heavy atom. The molecule has 0 bridgehead atoms. The Labute approximate surface area is 314 Å². The summed E-state index contributed by atoms with van der Waals surface area (Å²) in [6.45, 7) is 5.02. The lowest BCUT2D eigenvalue weighted by Gasteiger charge is -2.19. The van der Waals surface area contributed by atoms with E-state index < -0.39 is 32.5 Å². The smallest absolute Gasteiger partial charge is 0.462 e. The first-order valence-corrected chi connectivity index (χ1v) is 20.3. The summed E-state index contributed by atoms with van der Waals surface area (Å²) < 4.78 is 32.3. The molecule has 0 amide bonds. The molecular formula is C43H65O8P. The number of carbonyl (C=O) groups excluding carboxylic acids is 2. The molecule has 0 aromatic rings. The van der Waals surface area contributed by atoms with Gasteiger partial charge in [0.1, 0.15) is 6.61 Å². The highest BCUT2D eigenvalue weighted by atomic mass is 31.2. The number of phosphoric acid groups is 1. The van der Waals surface area contributed by atoms with Gasteiger partial charge < -0.3 is 14.4 Å².